The summed E-state index contributed by atoms with van der Waals surface area (Å²) in [5, 5.41) is 0.263. The predicted molar refractivity (Wildman–Crippen MR) is 86.4 cm³/mol. The number of allylic oxidation sites excluding steroid dienone is 8. The van der Waals surface area contributed by atoms with Gasteiger partial charge in [-0.15, -0.1) is 0 Å². The monoisotopic (exact) mass is 400 g/mol. The van der Waals surface area contributed by atoms with Crippen LogP contribution in [0.3, 0.4) is 0 Å². The van der Waals surface area contributed by atoms with Crippen LogP contribution in [0.1, 0.15) is 13.8 Å². The van der Waals surface area contributed by atoms with Gasteiger partial charge in [-0.3, -0.25) is 0 Å². The fourth-order valence-corrected chi connectivity index (χ4v) is 31.9. The van der Waals surface area contributed by atoms with E-state index in [4.69, 9.17) is 0 Å². The first kappa shape index (κ1) is 15.2. The van der Waals surface area contributed by atoms with E-state index in [0.717, 1.165) is 0 Å². The molecule has 2 rings (SSSR count). The van der Waals surface area contributed by atoms with E-state index >= 15 is 0 Å². The topological polar surface area (TPSA) is 34.1 Å². The van der Waals surface area contributed by atoms with Crippen LogP contribution in [-0.4, -0.2) is 25.8 Å². The first-order valence-electron chi connectivity index (χ1n) is 6.14. The molecule has 0 aromatic heterocycles. The number of carbonyl (C=O) groups excluding carboxylic acids is 2. The van der Waals surface area contributed by atoms with Crippen molar-refractivity contribution in [1.82, 2.24) is 0 Å². The Morgan fingerprint density at radius 2 is 1.11 bits per heavy atom. The molecule has 0 aromatic rings. The fourth-order valence-electron chi connectivity index (χ4n) is 2.36. The summed E-state index contributed by atoms with van der Waals surface area (Å²) in [6.45, 7) is 3.23. The van der Waals surface area contributed by atoms with E-state index in [1.807, 2.05) is 24.3 Å². The summed E-state index contributed by atoms with van der Waals surface area (Å²) < 4.78 is 0.573. The second-order valence-corrected chi connectivity index (χ2v) is 28.3. The van der Waals surface area contributed by atoms with Crippen molar-refractivity contribution in [3.8, 4) is 0 Å². The SMILES string of the molecule is CC(=O)[S][Sn]([S]C(C)=O)([CH]1C=CC=C1)[CH]1C=CC=C1. The van der Waals surface area contributed by atoms with Gasteiger partial charge in [-0.1, -0.05) is 0 Å². The van der Waals surface area contributed by atoms with Gasteiger partial charge < -0.3 is 0 Å². The van der Waals surface area contributed by atoms with Crippen molar-refractivity contribution >= 4 is 43.7 Å². The Morgan fingerprint density at radius 1 is 0.789 bits per heavy atom. The first-order valence-corrected chi connectivity index (χ1v) is 18.1. The molecule has 0 atom stereocenters. The Labute approximate surface area is 123 Å². The van der Waals surface area contributed by atoms with Crippen LogP contribution in [0.5, 0.6) is 0 Å². The van der Waals surface area contributed by atoms with E-state index in [2.05, 4.69) is 24.3 Å². The molecule has 0 amide bonds. The van der Waals surface area contributed by atoms with Crippen LogP contribution in [0.15, 0.2) is 48.6 Å². The van der Waals surface area contributed by atoms with Crippen LogP contribution < -0.4 is 0 Å². The molecule has 5 heteroatoms. The molecule has 0 saturated carbocycles. The van der Waals surface area contributed by atoms with E-state index in [0.29, 0.717) is 0 Å². The van der Waals surface area contributed by atoms with E-state index in [9.17, 15) is 9.59 Å². The molecule has 100 valence electrons. The summed E-state index contributed by atoms with van der Waals surface area (Å²) in [4.78, 5) is 23.5. The second-order valence-electron chi connectivity index (χ2n) is 4.50. The molecule has 0 bridgehead atoms. The van der Waals surface area contributed by atoms with Crippen molar-refractivity contribution in [3.63, 3.8) is 0 Å². The molecular weight excluding hydrogens is 383 g/mol. The average Bonchev–Trinajstić information content (AvgIpc) is 3.01. The summed E-state index contributed by atoms with van der Waals surface area (Å²) in [5.41, 5.74) is 0. The molecule has 0 unspecified atom stereocenters. The molecule has 0 N–H and O–H groups in total. The zero-order valence-electron chi connectivity index (χ0n) is 10.9. The molecule has 2 aliphatic carbocycles. The third-order valence-corrected chi connectivity index (χ3v) is 32.8. The summed E-state index contributed by atoms with van der Waals surface area (Å²) in [6, 6.07) is 0. The zero-order chi connectivity index (χ0) is 13.9. The maximum absolute atomic E-state index is 11.7. The van der Waals surface area contributed by atoms with Gasteiger partial charge in [-0.05, 0) is 0 Å². The maximum atomic E-state index is 11.7. The van der Waals surface area contributed by atoms with Crippen LogP contribution in [-0.2, 0) is 9.59 Å². The zero-order valence-corrected chi connectivity index (χ0v) is 15.4. The molecule has 19 heavy (non-hydrogen) atoms. The minimum atomic E-state index is -3.17. The van der Waals surface area contributed by atoms with Gasteiger partial charge in [0.05, 0.1) is 0 Å². The molecule has 0 aliphatic heterocycles. The molecule has 0 radical (unpaired) electrons. The van der Waals surface area contributed by atoms with Crippen LogP contribution in [0.2, 0.25) is 7.87 Å². The Hall–Kier alpha value is -0.201. The van der Waals surface area contributed by atoms with Crippen molar-refractivity contribution < 1.29 is 9.59 Å². The van der Waals surface area contributed by atoms with E-state index in [1.54, 1.807) is 13.8 Å². The minimum absolute atomic E-state index is 0.131. The molecule has 0 fully saturated rings. The number of rotatable bonds is 4. The quantitative estimate of drug-likeness (QED) is 0.670. The Morgan fingerprint density at radius 3 is 1.37 bits per heavy atom. The molecule has 2 nitrogen and oxygen atoms in total. The van der Waals surface area contributed by atoms with E-state index in [1.165, 1.54) is 17.9 Å². The molecule has 0 aromatic carbocycles. The van der Waals surface area contributed by atoms with Gasteiger partial charge in [0.2, 0.25) is 0 Å². The molecule has 2 aliphatic rings. The van der Waals surface area contributed by atoms with Crippen molar-refractivity contribution in [1.29, 1.82) is 0 Å². The first-order chi connectivity index (χ1) is 9.04. The Bertz CT molecular complexity index is 436. The van der Waals surface area contributed by atoms with Crippen molar-refractivity contribution in [3.05, 3.63) is 48.6 Å². The summed E-state index contributed by atoms with van der Waals surface area (Å²) in [7, 11) is 2.96. The van der Waals surface area contributed by atoms with E-state index in [-0.39, 0.29) is 18.1 Å². The third kappa shape index (κ3) is 3.47. The number of hydrogen-bond donors (Lipinski definition) is 0. The van der Waals surface area contributed by atoms with Crippen molar-refractivity contribution in [2.75, 3.05) is 0 Å². The van der Waals surface area contributed by atoms with Gasteiger partial charge in [0.1, 0.15) is 0 Å². The Kier molecular flexibility index (Phi) is 5.20. The normalized spacial score (nSPS) is 18.6. The van der Waals surface area contributed by atoms with Crippen molar-refractivity contribution in [2.24, 2.45) is 0 Å². The standard InChI is InChI=1S/2C5H5.2C2H4OS.Sn/c2*1-2-4-5-3-1;2*1-2(3)4;/h2*1-5H;2*1H3,(H,3,4);/q;;;;+2/p-2. The number of hydrogen-bond acceptors (Lipinski definition) is 4. The van der Waals surface area contributed by atoms with Gasteiger partial charge >= 0.3 is 124 Å². The molecule has 0 heterocycles. The van der Waals surface area contributed by atoms with Crippen molar-refractivity contribution in [2.45, 2.75) is 21.7 Å². The second kappa shape index (κ2) is 6.50. The van der Waals surface area contributed by atoms with Gasteiger partial charge in [-0.25, -0.2) is 0 Å². The molecule has 0 saturated heterocycles. The van der Waals surface area contributed by atoms with Gasteiger partial charge in [0.25, 0.3) is 0 Å². The van der Waals surface area contributed by atoms with Gasteiger partial charge in [0.15, 0.2) is 0 Å². The molecular formula is C14H16O2S2Sn. The summed E-state index contributed by atoms with van der Waals surface area (Å²) >= 11 is -3.17. The predicted octanol–water partition coefficient (Wildman–Crippen LogP) is 3.98. The van der Waals surface area contributed by atoms with Crippen LogP contribution in [0.4, 0.5) is 0 Å². The summed E-state index contributed by atoms with van der Waals surface area (Å²) in [6.07, 6.45) is 16.7. The average molecular weight is 399 g/mol. The Balaban J connectivity index is 2.41. The van der Waals surface area contributed by atoms with Crippen LogP contribution in [0, 0.1) is 0 Å². The fraction of sp³-hybridized carbons (Fsp3) is 0.286. The third-order valence-electron chi connectivity index (χ3n) is 3.03. The van der Waals surface area contributed by atoms with E-state index < -0.39 is 15.6 Å². The van der Waals surface area contributed by atoms with Crippen LogP contribution >= 0.6 is 17.9 Å². The number of carbonyl (C=O) groups is 2. The van der Waals surface area contributed by atoms with Gasteiger partial charge in [-0.2, -0.15) is 0 Å². The van der Waals surface area contributed by atoms with Crippen LogP contribution in [0.25, 0.3) is 0 Å². The summed E-state index contributed by atoms with van der Waals surface area (Å²) in [5.74, 6) is 0. The molecule has 0 spiro atoms. The van der Waals surface area contributed by atoms with Gasteiger partial charge in [0, 0.05) is 0 Å².